The number of aromatic amines is 1. The molecule has 1 aromatic carbocycles. The van der Waals surface area contributed by atoms with Crippen molar-refractivity contribution in [2.24, 2.45) is 0 Å². The summed E-state index contributed by atoms with van der Waals surface area (Å²) >= 11 is 1.69. The van der Waals surface area contributed by atoms with Crippen molar-refractivity contribution < 1.29 is 0 Å². The standard InChI is InChI=1S/C17H12N4S/c1-8-7-9(2)18-17-12(8)13-15(22-17)14-16(21-13)20-11-6-4-3-5-10(11)19-14/h3-7H,1-2H3,(H,20,21). The number of aromatic nitrogens is 4. The van der Waals surface area contributed by atoms with Crippen LogP contribution in [0.15, 0.2) is 30.3 Å². The molecule has 0 saturated carbocycles. The fraction of sp³-hybridized carbons (Fsp3) is 0.118. The number of fused-ring (bicyclic) bond motifs is 6. The number of nitrogens with zero attached hydrogens (tertiary/aromatic N) is 3. The average Bonchev–Trinajstić information content (AvgIpc) is 3.00. The van der Waals surface area contributed by atoms with Gasteiger partial charge in [0, 0.05) is 11.1 Å². The van der Waals surface area contributed by atoms with Crippen LogP contribution in [0, 0.1) is 13.8 Å². The summed E-state index contributed by atoms with van der Waals surface area (Å²) in [6, 6.07) is 10.1. The molecule has 4 aromatic heterocycles. The molecular weight excluding hydrogens is 292 g/mol. The zero-order valence-corrected chi connectivity index (χ0v) is 13.0. The van der Waals surface area contributed by atoms with E-state index in [-0.39, 0.29) is 0 Å². The lowest BCUT2D eigenvalue weighted by molar-refractivity contribution is 1.25. The third kappa shape index (κ3) is 1.49. The van der Waals surface area contributed by atoms with Crippen molar-refractivity contribution in [1.82, 2.24) is 19.9 Å². The fourth-order valence-corrected chi connectivity index (χ4v) is 4.33. The van der Waals surface area contributed by atoms with Crippen molar-refractivity contribution in [3.05, 3.63) is 41.6 Å². The molecule has 0 fully saturated rings. The second-order valence-corrected chi connectivity index (χ2v) is 6.60. The number of benzene rings is 1. The molecule has 0 unspecified atom stereocenters. The van der Waals surface area contributed by atoms with E-state index in [9.17, 15) is 0 Å². The molecule has 4 nitrogen and oxygen atoms in total. The highest BCUT2D eigenvalue weighted by Crippen LogP contribution is 2.38. The normalized spacial score (nSPS) is 12.1. The lowest BCUT2D eigenvalue weighted by atomic mass is 10.2. The van der Waals surface area contributed by atoms with Gasteiger partial charge < -0.3 is 4.98 Å². The molecule has 0 aliphatic carbocycles. The molecule has 4 heterocycles. The van der Waals surface area contributed by atoms with E-state index in [1.54, 1.807) is 11.3 Å². The molecule has 1 N–H and O–H groups in total. The van der Waals surface area contributed by atoms with E-state index in [2.05, 4.69) is 23.0 Å². The summed E-state index contributed by atoms with van der Waals surface area (Å²) in [5.41, 5.74) is 7.03. The molecule has 5 rings (SSSR count). The van der Waals surface area contributed by atoms with Gasteiger partial charge in [0.15, 0.2) is 5.65 Å². The van der Waals surface area contributed by atoms with Crippen LogP contribution in [0.25, 0.3) is 42.6 Å². The smallest absolute Gasteiger partial charge is 0.158 e. The van der Waals surface area contributed by atoms with E-state index in [4.69, 9.17) is 9.97 Å². The first-order valence-electron chi connectivity index (χ1n) is 7.15. The van der Waals surface area contributed by atoms with Crippen LogP contribution >= 0.6 is 11.3 Å². The molecule has 0 atom stereocenters. The molecule has 22 heavy (non-hydrogen) atoms. The first-order valence-corrected chi connectivity index (χ1v) is 7.97. The van der Waals surface area contributed by atoms with E-state index < -0.39 is 0 Å². The van der Waals surface area contributed by atoms with Crippen molar-refractivity contribution in [2.75, 3.05) is 0 Å². The number of hydrogen-bond acceptors (Lipinski definition) is 4. The number of para-hydroxylation sites is 2. The van der Waals surface area contributed by atoms with Gasteiger partial charge in [-0.25, -0.2) is 15.0 Å². The van der Waals surface area contributed by atoms with Gasteiger partial charge in [0.05, 0.1) is 21.3 Å². The van der Waals surface area contributed by atoms with Crippen molar-refractivity contribution in [1.29, 1.82) is 0 Å². The maximum Gasteiger partial charge on any atom is 0.158 e. The summed E-state index contributed by atoms with van der Waals surface area (Å²) in [5.74, 6) is 0. The molecule has 106 valence electrons. The highest BCUT2D eigenvalue weighted by Gasteiger charge is 2.16. The minimum absolute atomic E-state index is 0.849. The molecule has 0 aliphatic heterocycles. The summed E-state index contributed by atoms with van der Waals surface area (Å²) in [6.45, 7) is 4.16. The molecule has 0 amide bonds. The number of pyridine rings is 1. The Bertz CT molecular complexity index is 1200. The van der Waals surface area contributed by atoms with Crippen LogP contribution in [0.4, 0.5) is 0 Å². The van der Waals surface area contributed by atoms with E-state index in [0.717, 1.165) is 42.9 Å². The Hall–Kier alpha value is -2.53. The molecule has 0 bridgehead atoms. The first-order chi connectivity index (χ1) is 10.7. The van der Waals surface area contributed by atoms with E-state index in [0.29, 0.717) is 0 Å². The largest absolute Gasteiger partial charge is 0.337 e. The lowest BCUT2D eigenvalue weighted by Crippen LogP contribution is -1.85. The topological polar surface area (TPSA) is 54.5 Å². The summed E-state index contributed by atoms with van der Waals surface area (Å²) < 4.78 is 1.14. The number of aryl methyl sites for hydroxylation is 2. The summed E-state index contributed by atoms with van der Waals surface area (Å²) in [6.07, 6.45) is 0. The number of hydrogen-bond donors (Lipinski definition) is 1. The van der Waals surface area contributed by atoms with Gasteiger partial charge in [0.25, 0.3) is 0 Å². The van der Waals surface area contributed by atoms with Gasteiger partial charge in [-0.1, -0.05) is 12.1 Å². The SMILES string of the molecule is Cc1cc(C)c2c(n1)sc1c3nc4ccccc4nc3[nH]c12. The Balaban J connectivity index is 2.02. The van der Waals surface area contributed by atoms with E-state index in [1.807, 2.05) is 31.2 Å². The maximum absolute atomic E-state index is 4.80. The van der Waals surface area contributed by atoms with Gasteiger partial charge in [0.2, 0.25) is 0 Å². The minimum Gasteiger partial charge on any atom is -0.337 e. The van der Waals surface area contributed by atoms with Crippen LogP contribution in [0.2, 0.25) is 0 Å². The Kier molecular flexibility index (Phi) is 2.20. The Morgan fingerprint density at radius 1 is 1.00 bits per heavy atom. The summed E-state index contributed by atoms with van der Waals surface area (Å²) in [7, 11) is 0. The predicted molar refractivity (Wildman–Crippen MR) is 91.6 cm³/mol. The van der Waals surface area contributed by atoms with Crippen molar-refractivity contribution in [3.8, 4) is 0 Å². The first kappa shape index (κ1) is 12.1. The third-order valence-corrected chi connectivity index (χ3v) is 5.11. The molecule has 0 spiro atoms. The van der Waals surface area contributed by atoms with Gasteiger partial charge >= 0.3 is 0 Å². The minimum atomic E-state index is 0.849. The second-order valence-electron chi connectivity index (χ2n) is 5.60. The van der Waals surface area contributed by atoms with Gasteiger partial charge in [0.1, 0.15) is 10.3 Å². The average molecular weight is 304 g/mol. The number of H-pyrrole nitrogens is 1. The monoisotopic (exact) mass is 304 g/mol. The third-order valence-electron chi connectivity index (χ3n) is 4.02. The molecule has 0 saturated heterocycles. The Labute approximate surface area is 129 Å². The van der Waals surface area contributed by atoms with Gasteiger partial charge in [-0.3, -0.25) is 0 Å². The highest BCUT2D eigenvalue weighted by atomic mass is 32.1. The van der Waals surface area contributed by atoms with Crippen LogP contribution < -0.4 is 0 Å². The van der Waals surface area contributed by atoms with Crippen LogP contribution in [-0.4, -0.2) is 19.9 Å². The zero-order chi connectivity index (χ0) is 14.8. The lowest BCUT2D eigenvalue weighted by Gasteiger charge is -1.98. The van der Waals surface area contributed by atoms with Crippen LogP contribution in [0.5, 0.6) is 0 Å². The quantitative estimate of drug-likeness (QED) is 0.458. The number of thiophene rings is 1. The molecule has 5 heteroatoms. The van der Waals surface area contributed by atoms with Crippen molar-refractivity contribution in [2.45, 2.75) is 13.8 Å². The van der Waals surface area contributed by atoms with Gasteiger partial charge in [-0.05, 0) is 37.6 Å². The zero-order valence-electron chi connectivity index (χ0n) is 12.1. The fourth-order valence-electron chi connectivity index (χ4n) is 3.09. The number of nitrogens with one attached hydrogen (secondary N) is 1. The molecule has 5 aromatic rings. The molecular formula is C17H12N4S. The van der Waals surface area contributed by atoms with Crippen LogP contribution in [-0.2, 0) is 0 Å². The Morgan fingerprint density at radius 2 is 1.77 bits per heavy atom. The van der Waals surface area contributed by atoms with Gasteiger partial charge in [-0.2, -0.15) is 0 Å². The van der Waals surface area contributed by atoms with Crippen LogP contribution in [0.3, 0.4) is 0 Å². The van der Waals surface area contributed by atoms with E-state index in [1.165, 1.54) is 10.9 Å². The predicted octanol–water partition coefficient (Wildman–Crippen LogP) is 4.49. The molecule has 0 radical (unpaired) electrons. The van der Waals surface area contributed by atoms with Crippen molar-refractivity contribution in [3.63, 3.8) is 0 Å². The maximum atomic E-state index is 4.80. The number of rotatable bonds is 0. The summed E-state index contributed by atoms with van der Waals surface area (Å²) in [5, 5.41) is 1.19. The Morgan fingerprint density at radius 3 is 2.59 bits per heavy atom. The van der Waals surface area contributed by atoms with E-state index >= 15 is 0 Å². The molecule has 0 aliphatic rings. The van der Waals surface area contributed by atoms with Gasteiger partial charge in [-0.15, -0.1) is 11.3 Å². The second kappa shape index (κ2) is 4.01. The summed E-state index contributed by atoms with van der Waals surface area (Å²) in [4.78, 5) is 18.7. The highest BCUT2D eigenvalue weighted by molar-refractivity contribution is 7.26. The van der Waals surface area contributed by atoms with Crippen LogP contribution in [0.1, 0.15) is 11.3 Å². The van der Waals surface area contributed by atoms with Crippen molar-refractivity contribution >= 4 is 54.0 Å².